The average molecular weight is 364 g/mol. The highest BCUT2D eigenvalue weighted by atomic mass is 35.5. The van der Waals surface area contributed by atoms with E-state index in [4.69, 9.17) is 4.74 Å². The maximum absolute atomic E-state index is 12.7. The van der Waals surface area contributed by atoms with Gasteiger partial charge < -0.3 is 20.4 Å². The molecule has 2 heterocycles. The van der Waals surface area contributed by atoms with E-state index in [2.05, 4.69) is 15.6 Å². The molecule has 1 fully saturated rings. The van der Waals surface area contributed by atoms with E-state index in [1.807, 2.05) is 36.5 Å². The molecule has 1 aliphatic heterocycles. The molecule has 0 saturated carbocycles. The number of carbonyl (C=O) groups is 1. The Morgan fingerprint density at radius 1 is 1.20 bits per heavy atom. The van der Waals surface area contributed by atoms with Crippen LogP contribution < -0.4 is 10.6 Å². The molecule has 0 radical (unpaired) electrons. The Morgan fingerprint density at radius 3 is 2.60 bits per heavy atom. The van der Waals surface area contributed by atoms with Crippen molar-refractivity contribution in [2.45, 2.75) is 12.8 Å². The Balaban J connectivity index is 0.00000225. The second kappa shape index (κ2) is 9.04. The van der Waals surface area contributed by atoms with E-state index in [0.717, 1.165) is 37.1 Å². The summed E-state index contributed by atoms with van der Waals surface area (Å²) in [4.78, 5) is 15.8. The number of hydrogen-bond donors (Lipinski definition) is 3. The van der Waals surface area contributed by atoms with Crippen molar-refractivity contribution in [2.24, 2.45) is 5.41 Å². The van der Waals surface area contributed by atoms with Crippen LogP contribution >= 0.6 is 12.4 Å². The van der Waals surface area contributed by atoms with Crippen molar-refractivity contribution in [1.82, 2.24) is 15.6 Å². The van der Waals surface area contributed by atoms with Gasteiger partial charge in [-0.3, -0.25) is 4.79 Å². The molecule has 0 aliphatic carbocycles. The minimum Gasteiger partial charge on any atom is -0.384 e. The normalized spacial score (nSPS) is 16.0. The number of nitrogens with one attached hydrogen (secondary N) is 3. The molecule has 0 bridgehead atoms. The van der Waals surface area contributed by atoms with Crippen LogP contribution in [-0.2, 0) is 4.74 Å². The standard InChI is InChI=1S/C19H25N3O2.ClH/c1-24-14-19(7-9-20-10-8-19)13-22-18(23)17-12-21-11-16(17)15-5-3-2-4-6-15;/h2-6,11-12,20-21H,7-10,13-14H2,1H3,(H,22,23);1H. The predicted molar refractivity (Wildman–Crippen MR) is 102 cm³/mol. The number of H-pyrrole nitrogens is 1. The number of benzene rings is 1. The smallest absolute Gasteiger partial charge is 0.253 e. The Kier molecular flexibility index (Phi) is 7.05. The van der Waals surface area contributed by atoms with Crippen LogP contribution in [0.4, 0.5) is 0 Å². The van der Waals surface area contributed by atoms with Crippen LogP contribution in [0.25, 0.3) is 11.1 Å². The summed E-state index contributed by atoms with van der Waals surface area (Å²) in [5.41, 5.74) is 2.68. The van der Waals surface area contributed by atoms with Gasteiger partial charge in [-0.15, -0.1) is 12.4 Å². The molecule has 1 aromatic carbocycles. The molecule has 1 aromatic heterocycles. The Labute approximate surface area is 155 Å². The topological polar surface area (TPSA) is 66.1 Å². The van der Waals surface area contributed by atoms with E-state index in [0.29, 0.717) is 18.7 Å². The number of halogens is 1. The predicted octanol–water partition coefficient (Wildman–Crippen LogP) is 2.85. The molecule has 1 amide bonds. The number of piperidine rings is 1. The molecule has 6 heteroatoms. The first-order valence-corrected chi connectivity index (χ1v) is 8.44. The van der Waals surface area contributed by atoms with Crippen molar-refractivity contribution >= 4 is 18.3 Å². The molecule has 0 unspecified atom stereocenters. The van der Waals surface area contributed by atoms with Crippen molar-refractivity contribution in [3.63, 3.8) is 0 Å². The van der Waals surface area contributed by atoms with Gasteiger partial charge in [0.05, 0.1) is 12.2 Å². The molecule has 2 aromatic rings. The number of aromatic amines is 1. The summed E-state index contributed by atoms with van der Waals surface area (Å²) in [5.74, 6) is -0.0379. The molecule has 0 spiro atoms. The lowest BCUT2D eigenvalue weighted by molar-refractivity contribution is 0.0512. The zero-order chi connectivity index (χ0) is 16.8. The van der Waals surface area contributed by atoms with Gasteiger partial charge in [-0.25, -0.2) is 0 Å². The molecule has 136 valence electrons. The second-order valence-electron chi connectivity index (χ2n) is 6.51. The Hall–Kier alpha value is -1.82. The first-order chi connectivity index (χ1) is 11.7. The fraction of sp³-hybridized carbons (Fsp3) is 0.421. The second-order valence-corrected chi connectivity index (χ2v) is 6.51. The summed E-state index contributed by atoms with van der Waals surface area (Å²) >= 11 is 0. The number of ether oxygens (including phenoxy) is 1. The van der Waals surface area contributed by atoms with Gasteiger partial charge in [0.25, 0.3) is 5.91 Å². The van der Waals surface area contributed by atoms with Gasteiger partial charge in [0.2, 0.25) is 0 Å². The number of carbonyl (C=O) groups excluding carboxylic acids is 1. The maximum atomic E-state index is 12.7. The zero-order valence-corrected chi connectivity index (χ0v) is 15.3. The molecule has 25 heavy (non-hydrogen) atoms. The fourth-order valence-electron chi connectivity index (χ4n) is 3.41. The largest absolute Gasteiger partial charge is 0.384 e. The van der Waals surface area contributed by atoms with E-state index < -0.39 is 0 Å². The monoisotopic (exact) mass is 363 g/mol. The molecular formula is C19H26ClN3O2. The van der Waals surface area contributed by atoms with Crippen LogP contribution in [0.5, 0.6) is 0 Å². The first kappa shape index (κ1) is 19.5. The highest BCUT2D eigenvalue weighted by Gasteiger charge is 2.32. The summed E-state index contributed by atoms with van der Waals surface area (Å²) < 4.78 is 5.42. The highest BCUT2D eigenvalue weighted by molar-refractivity contribution is 6.00. The maximum Gasteiger partial charge on any atom is 0.253 e. The van der Waals surface area contributed by atoms with Gasteiger partial charge in [-0.1, -0.05) is 30.3 Å². The lowest BCUT2D eigenvalue weighted by Crippen LogP contribution is -2.47. The third kappa shape index (κ3) is 4.63. The molecule has 3 rings (SSSR count). The highest BCUT2D eigenvalue weighted by Crippen LogP contribution is 2.29. The zero-order valence-electron chi connectivity index (χ0n) is 14.5. The quantitative estimate of drug-likeness (QED) is 0.739. The van der Waals surface area contributed by atoms with Crippen LogP contribution in [0.3, 0.4) is 0 Å². The Morgan fingerprint density at radius 2 is 1.92 bits per heavy atom. The minimum atomic E-state index is -0.0379. The lowest BCUT2D eigenvalue weighted by atomic mass is 9.79. The molecule has 0 atom stereocenters. The van der Waals surface area contributed by atoms with Crippen LogP contribution in [0, 0.1) is 5.41 Å². The molecule has 1 aliphatic rings. The van der Waals surface area contributed by atoms with Crippen LogP contribution in [-0.4, -0.2) is 44.2 Å². The van der Waals surface area contributed by atoms with Crippen molar-refractivity contribution in [1.29, 1.82) is 0 Å². The number of methoxy groups -OCH3 is 1. The van der Waals surface area contributed by atoms with Crippen LogP contribution in [0.2, 0.25) is 0 Å². The molecule has 5 nitrogen and oxygen atoms in total. The SMILES string of the molecule is COCC1(CNC(=O)c2c[nH]cc2-c2ccccc2)CCNCC1.Cl. The van der Waals surface area contributed by atoms with Gasteiger partial charge in [-0.2, -0.15) is 0 Å². The van der Waals surface area contributed by atoms with Crippen LogP contribution in [0.1, 0.15) is 23.2 Å². The molecule has 1 saturated heterocycles. The lowest BCUT2D eigenvalue weighted by Gasteiger charge is -2.37. The van der Waals surface area contributed by atoms with Gasteiger partial charge in [0.1, 0.15) is 0 Å². The van der Waals surface area contributed by atoms with Crippen LogP contribution in [0.15, 0.2) is 42.7 Å². The van der Waals surface area contributed by atoms with Crippen molar-refractivity contribution in [3.05, 3.63) is 48.3 Å². The van der Waals surface area contributed by atoms with Gasteiger partial charge in [0, 0.05) is 37.0 Å². The van der Waals surface area contributed by atoms with Gasteiger partial charge in [0.15, 0.2) is 0 Å². The number of hydrogen-bond acceptors (Lipinski definition) is 3. The van der Waals surface area contributed by atoms with Crippen molar-refractivity contribution in [2.75, 3.05) is 33.4 Å². The van der Waals surface area contributed by atoms with E-state index in [-0.39, 0.29) is 23.7 Å². The number of amides is 1. The number of aromatic nitrogens is 1. The summed E-state index contributed by atoms with van der Waals surface area (Å²) in [6.07, 6.45) is 5.67. The fourth-order valence-corrected chi connectivity index (χ4v) is 3.41. The Bertz CT molecular complexity index is 661. The summed E-state index contributed by atoms with van der Waals surface area (Å²) in [6.45, 7) is 3.26. The molecular weight excluding hydrogens is 338 g/mol. The average Bonchev–Trinajstić information content (AvgIpc) is 3.11. The third-order valence-corrected chi connectivity index (χ3v) is 4.81. The van der Waals surface area contributed by atoms with E-state index >= 15 is 0 Å². The van der Waals surface area contributed by atoms with Crippen molar-refractivity contribution in [3.8, 4) is 11.1 Å². The van der Waals surface area contributed by atoms with E-state index in [1.165, 1.54) is 0 Å². The minimum absolute atomic E-state index is 0. The van der Waals surface area contributed by atoms with E-state index in [9.17, 15) is 4.79 Å². The van der Waals surface area contributed by atoms with E-state index in [1.54, 1.807) is 13.3 Å². The summed E-state index contributed by atoms with van der Waals surface area (Å²) in [7, 11) is 1.73. The first-order valence-electron chi connectivity index (χ1n) is 8.44. The molecule has 3 N–H and O–H groups in total. The third-order valence-electron chi connectivity index (χ3n) is 4.81. The van der Waals surface area contributed by atoms with Crippen molar-refractivity contribution < 1.29 is 9.53 Å². The van der Waals surface area contributed by atoms with Gasteiger partial charge >= 0.3 is 0 Å². The summed E-state index contributed by atoms with van der Waals surface area (Å²) in [6, 6.07) is 9.96. The summed E-state index contributed by atoms with van der Waals surface area (Å²) in [5, 5.41) is 6.49. The number of rotatable bonds is 6. The van der Waals surface area contributed by atoms with Gasteiger partial charge in [-0.05, 0) is 31.5 Å².